The molecule has 4 nitrogen and oxygen atoms in total. The Morgan fingerprint density at radius 2 is 1.02 bits per heavy atom. The Morgan fingerprint density at radius 3 is 1.40 bits per heavy atom. The molecule has 0 atom stereocenters. The minimum Gasteiger partial charge on any atom is -0.423 e. The predicted molar refractivity (Wildman–Crippen MR) is 157 cm³/mol. The van der Waals surface area contributed by atoms with Crippen LogP contribution in [0.1, 0.15) is 38.8 Å². The van der Waals surface area contributed by atoms with Gasteiger partial charge in [-0.25, -0.2) is 13.6 Å². The second-order valence-corrected chi connectivity index (χ2v) is 11.2. The molecule has 0 aliphatic carbocycles. The Hall–Kier alpha value is -4.72. The molecule has 0 spiro atoms. The van der Waals surface area contributed by atoms with Crippen molar-refractivity contribution in [1.82, 2.24) is 0 Å². The van der Waals surface area contributed by atoms with E-state index in [1.165, 1.54) is 31.2 Å². The summed E-state index contributed by atoms with van der Waals surface area (Å²) in [6, 6.07) is 19.1. The van der Waals surface area contributed by atoms with Gasteiger partial charge in [-0.15, -0.1) is 0 Å². The van der Waals surface area contributed by atoms with E-state index in [4.69, 9.17) is 9.47 Å². The lowest BCUT2D eigenvalue weighted by molar-refractivity contribution is -0.143. The molecule has 0 bridgehead atoms. The lowest BCUT2D eigenvalue weighted by Crippen LogP contribution is -2.26. The molecule has 0 aliphatic heterocycles. The summed E-state index contributed by atoms with van der Waals surface area (Å²) in [6.45, 7) is 9.67. The second-order valence-electron chi connectivity index (χ2n) is 11.2. The Bertz CT molecular complexity index is 1690. The molecule has 4 aromatic rings. The van der Waals surface area contributed by atoms with Crippen LogP contribution >= 0.6 is 0 Å². The predicted octanol–water partition coefficient (Wildman–Crippen LogP) is 8.80. The molecule has 0 unspecified atom stereocenters. The molecular weight excluding hydrogens is 560 g/mol. The van der Waals surface area contributed by atoms with Crippen LogP contribution in [0.5, 0.6) is 11.5 Å². The Balaban J connectivity index is 1.41. The van der Waals surface area contributed by atoms with E-state index in [1.807, 2.05) is 24.3 Å². The van der Waals surface area contributed by atoms with Crippen molar-refractivity contribution < 1.29 is 36.6 Å². The van der Waals surface area contributed by atoms with Crippen LogP contribution in [0.4, 0.5) is 17.6 Å². The fourth-order valence-electron chi connectivity index (χ4n) is 4.10. The quantitative estimate of drug-likeness (QED) is 0.0891. The van der Waals surface area contributed by atoms with Gasteiger partial charge >= 0.3 is 11.9 Å². The van der Waals surface area contributed by atoms with Gasteiger partial charge in [0.15, 0.2) is 23.1 Å². The fraction of sp³-hybridized carbons (Fsp3) is 0.200. The highest BCUT2D eigenvalue weighted by Gasteiger charge is 2.26. The van der Waals surface area contributed by atoms with Crippen molar-refractivity contribution in [3.8, 4) is 33.8 Å². The van der Waals surface area contributed by atoms with Gasteiger partial charge in [0, 0.05) is 16.7 Å². The number of rotatable bonds is 8. The number of benzene rings is 4. The molecule has 0 saturated heterocycles. The third kappa shape index (κ3) is 7.20. The highest BCUT2D eigenvalue weighted by molar-refractivity contribution is 5.89. The van der Waals surface area contributed by atoms with Gasteiger partial charge in [-0.1, -0.05) is 55.1 Å². The molecule has 0 amide bonds. The normalized spacial score (nSPS) is 11.3. The zero-order chi connectivity index (χ0) is 31.5. The van der Waals surface area contributed by atoms with E-state index < -0.39 is 52.1 Å². The van der Waals surface area contributed by atoms with E-state index in [0.717, 1.165) is 11.1 Å². The maximum atomic E-state index is 14.8. The molecule has 4 rings (SSSR count). The first-order valence-electron chi connectivity index (χ1n) is 13.5. The smallest absolute Gasteiger partial charge is 0.338 e. The molecule has 0 saturated carbocycles. The molecule has 0 aromatic heterocycles. The maximum absolute atomic E-state index is 14.8. The van der Waals surface area contributed by atoms with E-state index >= 15 is 0 Å². The first-order valence-corrected chi connectivity index (χ1v) is 13.5. The van der Waals surface area contributed by atoms with Gasteiger partial charge in [-0.2, -0.15) is 8.78 Å². The molecule has 0 aliphatic rings. The molecule has 222 valence electrons. The van der Waals surface area contributed by atoms with Crippen LogP contribution in [-0.4, -0.2) is 11.9 Å². The summed E-state index contributed by atoms with van der Waals surface area (Å²) < 4.78 is 68.6. The number of hydrogen-bond donors (Lipinski definition) is 0. The summed E-state index contributed by atoms with van der Waals surface area (Å²) in [6.07, 6.45) is 1.28. The SMILES string of the molecule is C=C(C)C(=O)Oc1ccc(-c2ccc(CCc3ccc(-c4ccc(OC(=O)C(C)(C)C)c(F)c4F)cc3)cc2)c(F)c1F. The number of ether oxygens (including phenoxy) is 2. The average Bonchev–Trinajstić information content (AvgIpc) is 2.97. The highest BCUT2D eigenvalue weighted by atomic mass is 19.2. The summed E-state index contributed by atoms with van der Waals surface area (Å²) in [7, 11) is 0. The minimum atomic E-state index is -1.26. The Morgan fingerprint density at radius 1 is 0.628 bits per heavy atom. The van der Waals surface area contributed by atoms with Crippen LogP contribution in [0.3, 0.4) is 0 Å². The van der Waals surface area contributed by atoms with Gasteiger partial charge in [0.05, 0.1) is 5.41 Å². The van der Waals surface area contributed by atoms with Crippen molar-refractivity contribution in [2.24, 2.45) is 5.41 Å². The average molecular weight is 591 g/mol. The molecule has 0 radical (unpaired) electrons. The zero-order valence-electron chi connectivity index (χ0n) is 24.2. The van der Waals surface area contributed by atoms with E-state index in [2.05, 4.69) is 6.58 Å². The second kappa shape index (κ2) is 12.7. The van der Waals surface area contributed by atoms with Crippen molar-refractivity contribution in [1.29, 1.82) is 0 Å². The molecule has 4 aromatic carbocycles. The highest BCUT2D eigenvalue weighted by Crippen LogP contribution is 2.32. The number of esters is 2. The van der Waals surface area contributed by atoms with Gasteiger partial charge in [-0.3, -0.25) is 4.79 Å². The van der Waals surface area contributed by atoms with Gasteiger partial charge in [0.25, 0.3) is 0 Å². The summed E-state index contributed by atoms with van der Waals surface area (Å²) >= 11 is 0. The molecule has 0 heterocycles. The van der Waals surface area contributed by atoms with E-state index in [0.29, 0.717) is 24.0 Å². The van der Waals surface area contributed by atoms with Crippen molar-refractivity contribution >= 4 is 11.9 Å². The number of aryl methyl sites for hydroxylation is 2. The number of halogens is 4. The first kappa shape index (κ1) is 31.2. The fourth-order valence-corrected chi connectivity index (χ4v) is 4.10. The molecule has 0 fully saturated rings. The van der Waals surface area contributed by atoms with Gasteiger partial charge in [-0.05, 0) is 87.1 Å². The van der Waals surface area contributed by atoms with E-state index in [-0.39, 0.29) is 16.7 Å². The summed E-state index contributed by atoms with van der Waals surface area (Å²) in [5.41, 5.74) is 2.09. The largest absolute Gasteiger partial charge is 0.423 e. The third-order valence-corrected chi connectivity index (χ3v) is 6.69. The third-order valence-electron chi connectivity index (χ3n) is 6.69. The standard InChI is InChI=1S/C35H30F4O4/c1-20(2)33(40)42-27-18-16-25(29(36)31(27)38)23-12-8-21(9-13-23)6-7-22-10-14-24(15-11-22)26-17-19-28(32(39)30(26)37)43-34(41)35(3,4)5/h8-19H,1,6-7H2,2-5H3. The first-order chi connectivity index (χ1) is 20.3. The van der Waals surface area contributed by atoms with Crippen molar-refractivity contribution in [2.75, 3.05) is 0 Å². The monoisotopic (exact) mass is 590 g/mol. The van der Waals surface area contributed by atoms with Crippen molar-refractivity contribution in [3.63, 3.8) is 0 Å². The number of hydrogen-bond acceptors (Lipinski definition) is 4. The van der Waals surface area contributed by atoms with Gasteiger partial charge in [0.2, 0.25) is 11.6 Å². The van der Waals surface area contributed by atoms with Crippen LogP contribution in [0, 0.1) is 28.7 Å². The van der Waals surface area contributed by atoms with Gasteiger partial charge < -0.3 is 9.47 Å². The van der Waals surface area contributed by atoms with E-state index in [9.17, 15) is 27.2 Å². The molecule has 8 heteroatoms. The van der Waals surface area contributed by atoms with Crippen LogP contribution in [0.2, 0.25) is 0 Å². The Labute approximate surface area is 247 Å². The molecule has 0 N–H and O–H groups in total. The lowest BCUT2D eigenvalue weighted by atomic mass is 9.97. The number of carbonyl (C=O) groups is 2. The molecule has 43 heavy (non-hydrogen) atoms. The lowest BCUT2D eigenvalue weighted by Gasteiger charge is -2.17. The summed E-state index contributed by atoms with van der Waals surface area (Å²) in [4.78, 5) is 23.7. The van der Waals surface area contributed by atoms with Crippen LogP contribution in [0.25, 0.3) is 22.3 Å². The topological polar surface area (TPSA) is 52.6 Å². The zero-order valence-corrected chi connectivity index (χ0v) is 24.2. The van der Waals surface area contributed by atoms with Crippen LogP contribution in [-0.2, 0) is 22.4 Å². The van der Waals surface area contributed by atoms with Crippen molar-refractivity contribution in [2.45, 2.75) is 40.5 Å². The van der Waals surface area contributed by atoms with E-state index in [1.54, 1.807) is 45.0 Å². The summed E-state index contributed by atoms with van der Waals surface area (Å²) in [5.74, 6) is -7.21. The van der Waals surface area contributed by atoms with Crippen molar-refractivity contribution in [3.05, 3.63) is 119 Å². The van der Waals surface area contributed by atoms with Crippen LogP contribution < -0.4 is 9.47 Å². The van der Waals surface area contributed by atoms with Crippen LogP contribution in [0.15, 0.2) is 84.9 Å². The molecular formula is C35H30F4O4. The van der Waals surface area contributed by atoms with Gasteiger partial charge in [0.1, 0.15) is 0 Å². The Kier molecular flexibility index (Phi) is 9.19. The summed E-state index contributed by atoms with van der Waals surface area (Å²) in [5, 5.41) is 0. The minimum absolute atomic E-state index is 0.0267. The maximum Gasteiger partial charge on any atom is 0.338 e. The number of carbonyl (C=O) groups excluding carboxylic acids is 2.